The third-order valence-electron chi connectivity index (χ3n) is 4.11. The smallest absolute Gasteiger partial charge is 0.325 e. The molecule has 1 fully saturated rings. The van der Waals surface area contributed by atoms with Crippen LogP contribution in [0.4, 0.5) is 4.79 Å². The Kier molecular flexibility index (Phi) is 5.58. The summed E-state index contributed by atoms with van der Waals surface area (Å²) in [4.78, 5) is 41.8. The average molecular weight is 352 g/mol. The first-order valence-electron chi connectivity index (χ1n) is 8.46. The lowest BCUT2D eigenvalue weighted by Gasteiger charge is -2.13. The van der Waals surface area contributed by atoms with Gasteiger partial charge in [-0.3, -0.25) is 19.5 Å². The fraction of sp³-hybridized carbons (Fsp3) is 0.263. The first kappa shape index (κ1) is 17.6. The monoisotopic (exact) mass is 352 g/mol. The van der Waals surface area contributed by atoms with Crippen LogP contribution < -0.4 is 10.6 Å². The summed E-state index contributed by atoms with van der Waals surface area (Å²) in [5.74, 6) is -0.653. The van der Waals surface area contributed by atoms with Crippen molar-refractivity contribution in [3.8, 4) is 0 Å². The highest BCUT2D eigenvalue weighted by Crippen LogP contribution is 2.13. The van der Waals surface area contributed by atoms with Crippen LogP contribution in [0.15, 0.2) is 54.7 Å². The number of rotatable bonds is 7. The molecule has 7 nitrogen and oxygen atoms in total. The van der Waals surface area contributed by atoms with Crippen LogP contribution in [0.2, 0.25) is 0 Å². The predicted molar refractivity (Wildman–Crippen MR) is 94.9 cm³/mol. The number of nitrogens with one attached hydrogen (secondary N) is 2. The second kappa shape index (κ2) is 8.24. The quantitative estimate of drug-likeness (QED) is 0.734. The number of nitrogens with zero attached hydrogens (tertiary/aromatic N) is 2. The van der Waals surface area contributed by atoms with Gasteiger partial charge in [0.25, 0.3) is 5.91 Å². The summed E-state index contributed by atoms with van der Waals surface area (Å²) < 4.78 is 0. The predicted octanol–water partition coefficient (Wildman–Crippen LogP) is 1.25. The molecule has 0 spiro atoms. The van der Waals surface area contributed by atoms with Crippen molar-refractivity contribution < 1.29 is 14.4 Å². The van der Waals surface area contributed by atoms with Gasteiger partial charge in [0.15, 0.2) is 0 Å². The Morgan fingerprint density at radius 1 is 1.12 bits per heavy atom. The molecule has 1 saturated heterocycles. The van der Waals surface area contributed by atoms with Gasteiger partial charge < -0.3 is 10.6 Å². The molecule has 3 rings (SSSR count). The van der Waals surface area contributed by atoms with E-state index in [9.17, 15) is 14.4 Å². The van der Waals surface area contributed by atoms with Crippen molar-refractivity contribution in [2.75, 3.05) is 6.54 Å². The zero-order valence-corrected chi connectivity index (χ0v) is 14.2. The number of carbonyl (C=O) groups is 3. The van der Waals surface area contributed by atoms with Crippen LogP contribution in [-0.4, -0.2) is 40.3 Å². The van der Waals surface area contributed by atoms with Gasteiger partial charge in [-0.05, 0) is 17.7 Å². The molecule has 26 heavy (non-hydrogen) atoms. The number of aromatic nitrogens is 1. The van der Waals surface area contributed by atoms with E-state index >= 15 is 0 Å². The number of carbonyl (C=O) groups excluding carboxylic acids is 3. The molecule has 1 atom stereocenters. The van der Waals surface area contributed by atoms with Crippen molar-refractivity contribution in [1.82, 2.24) is 20.5 Å². The second-order valence-electron chi connectivity index (χ2n) is 6.04. The lowest BCUT2D eigenvalue weighted by Crippen LogP contribution is -2.37. The minimum atomic E-state index is -0.818. The fourth-order valence-corrected chi connectivity index (χ4v) is 2.76. The minimum absolute atomic E-state index is 0.0713. The van der Waals surface area contributed by atoms with Crippen LogP contribution in [-0.2, 0) is 22.6 Å². The van der Waals surface area contributed by atoms with Crippen molar-refractivity contribution in [3.63, 3.8) is 0 Å². The molecule has 0 bridgehead atoms. The highest BCUT2D eigenvalue weighted by molar-refractivity contribution is 6.05. The average Bonchev–Trinajstić information content (AvgIpc) is 2.91. The van der Waals surface area contributed by atoms with Crippen LogP contribution in [0.25, 0.3) is 0 Å². The molecule has 2 heterocycles. The molecule has 1 aromatic carbocycles. The number of hydrogen-bond acceptors (Lipinski definition) is 4. The molecule has 0 saturated carbocycles. The molecule has 4 amide bonds. The van der Waals surface area contributed by atoms with Gasteiger partial charge in [-0.1, -0.05) is 36.4 Å². The topological polar surface area (TPSA) is 91.4 Å². The largest absolute Gasteiger partial charge is 0.356 e. The number of pyridine rings is 1. The fourth-order valence-electron chi connectivity index (χ4n) is 2.76. The van der Waals surface area contributed by atoms with Gasteiger partial charge in [0.05, 0.1) is 13.0 Å². The lowest BCUT2D eigenvalue weighted by atomic mass is 10.1. The van der Waals surface area contributed by atoms with E-state index in [1.165, 1.54) is 0 Å². The standard InChI is InChI=1S/C19H20N4O3/c24-17(21-11-9-15-8-4-5-10-20-15)12-16-18(25)23(19(26)22-16)13-14-6-2-1-3-7-14/h1-8,10,16H,9,11-13H2,(H,21,24)(H,22,26)/t16-/m0/s1. The Morgan fingerprint density at radius 3 is 2.62 bits per heavy atom. The second-order valence-corrected chi connectivity index (χ2v) is 6.04. The molecule has 2 N–H and O–H groups in total. The highest BCUT2D eigenvalue weighted by atomic mass is 16.2. The summed E-state index contributed by atoms with van der Waals surface area (Å²) in [7, 11) is 0. The Bertz CT molecular complexity index is 780. The zero-order valence-electron chi connectivity index (χ0n) is 14.2. The van der Waals surface area contributed by atoms with Crippen molar-refractivity contribution in [2.24, 2.45) is 0 Å². The van der Waals surface area contributed by atoms with Crippen LogP contribution in [0.3, 0.4) is 0 Å². The van der Waals surface area contributed by atoms with Crippen molar-refractivity contribution in [2.45, 2.75) is 25.4 Å². The van der Waals surface area contributed by atoms with E-state index in [0.29, 0.717) is 13.0 Å². The maximum Gasteiger partial charge on any atom is 0.325 e. The molecule has 0 radical (unpaired) electrons. The summed E-state index contributed by atoms with van der Waals surface area (Å²) in [5.41, 5.74) is 1.74. The summed E-state index contributed by atoms with van der Waals surface area (Å²) >= 11 is 0. The van der Waals surface area contributed by atoms with Crippen molar-refractivity contribution in [1.29, 1.82) is 0 Å². The maximum absolute atomic E-state index is 12.4. The molecule has 0 aliphatic carbocycles. The van der Waals surface area contributed by atoms with E-state index in [4.69, 9.17) is 0 Å². The lowest BCUT2D eigenvalue weighted by molar-refractivity contribution is -0.131. The first-order valence-corrected chi connectivity index (χ1v) is 8.46. The zero-order chi connectivity index (χ0) is 18.4. The maximum atomic E-state index is 12.4. The SMILES string of the molecule is O=C(C[C@@H]1NC(=O)N(Cc2ccccc2)C1=O)NCCc1ccccn1. The van der Waals surface area contributed by atoms with E-state index in [-0.39, 0.29) is 24.8 Å². The normalized spacial score (nSPS) is 16.5. The molecular formula is C19H20N4O3. The van der Waals surface area contributed by atoms with E-state index in [0.717, 1.165) is 16.2 Å². The molecule has 0 unspecified atom stereocenters. The van der Waals surface area contributed by atoms with Crippen LogP contribution in [0.1, 0.15) is 17.7 Å². The Balaban J connectivity index is 1.48. The first-order chi connectivity index (χ1) is 12.6. The Morgan fingerprint density at radius 2 is 1.88 bits per heavy atom. The summed E-state index contributed by atoms with van der Waals surface area (Å²) in [6.45, 7) is 0.627. The summed E-state index contributed by atoms with van der Waals surface area (Å²) in [6.07, 6.45) is 2.24. The van der Waals surface area contributed by atoms with Crippen LogP contribution in [0.5, 0.6) is 0 Å². The van der Waals surface area contributed by atoms with Crippen molar-refractivity contribution in [3.05, 3.63) is 66.0 Å². The van der Waals surface area contributed by atoms with Gasteiger partial charge in [-0.25, -0.2) is 4.79 Å². The number of amides is 4. The molecular weight excluding hydrogens is 332 g/mol. The van der Waals surface area contributed by atoms with E-state index in [1.807, 2.05) is 48.5 Å². The number of urea groups is 1. The van der Waals surface area contributed by atoms with Gasteiger partial charge >= 0.3 is 6.03 Å². The van der Waals surface area contributed by atoms with Gasteiger partial charge in [0, 0.05) is 24.9 Å². The van der Waals surface area contributed by atoms with E-state index in [2.05, 4.69) is 15.6 Å². The molecule has 7 heteroatoms. The molecule has 1 aliphatic heterocycles. The van der Waals surface area contributed by atoms with Crippen LogP contribution in [0, 0.1) is 0 Å². The van der Waals surface area contributed by atoms with Gasteiger partial charge in [0.2, 0.25) is 5.91 Å². The third kappa shape index (κ3) is 4.44. The Hall–Kier alpha value is -3.22. The van der Waals surface area contributed by atoms with Gasteiger partial charge in [-0.15, -0.1) is 0 Å². The Labute approximate surface area is 151 Å². The molecule has 1 aliphatic rings. The number of hydrogen-bond donors (Lipinski definition) is 2. The van der Waals surface area contributed by atoms with Crippen LogP contribution >= 0.6 is 0 Å². The molecule has 134 valence electrons. The number of benzene rings is 1. The number of imide groups is 1. The minimum Gasteiger partial charge on any atom is -0.356 e. The summed E-state index contributed by atoms with van der Waals surface area (Å²) in [5, 5.41) is 5.33. The molecule has 2 aromatic rings. The van der Waals surface area contributed by atoms with E-state index < -0.39 is 12.1 Å². The highest BCUT2D eigenvalue weighted by Gasteiger charge is 2.38. The van der Waals surface area contributed by atoms with Crippen molar-refractivity contribution >= 4 is 17.8 Å². The molecule has 1 aromatic heterocycles. The summed E-state index contributed by atoms with van der Waals surface area (Å²) in [6, 6.07) is 13.6. The van der Waals surface area contributed by atoms with Gasteiger partial charge in [-0.2, -0.15) is 0 Å². The van der Waals surface area contributed by atoms with E-state index in [1.54, 1.807) is 6.20 Å². The third-order valence-corrected chi connectivity index (χ3v) is 4.11. The van der Waals surface area contributed by atoms with Gasteiger partial charge in [0.1, 0.15) is 6.04 Å².